The van der Waals surface area contributed by atoms with Gasteiger partial charge in [0.15, 0.2) is 0 Å². The van der Waals surface area contributed by atoms with Gasteiger partial charge in [0, 0.05) is 24.1 Å². The van der Waals surface area contributed by atoms with Gasteiger partial charge in [0.25, 0.3) is 0 Å². The molecule has 0 amide bonds. The van der Waals surface area contributed by atoms with E-state index in [4.69, 9.17) is 0 Å². The third-order valence-corrected chi connectivity index (χ3v) is 4.35. The van der Waals surface area contributed by atoms with Crippen LogP contribution in [0.25, 0.3) is 0 Å². The van der Waals surface area contributed by atoms with E-state index in [2.05, 4.69) is 106 Å². The van der Waals surface area contributed by atoms with Crippen molar-refractivity contribution >= 4 is 15.9 Å². The minimum Gasteiger partial charge on any atom is -0.291 e. The number of nitrogens with zero attached hydrogens (tertiary/aromatic N) is 1. The van der Waals surface area contributed by atoms with Crippen LogP contribution in [-0.2, 0) is 19.6 Å². The van der Waals surface area contributed by atoms with E-state index in [1.807, 2.05) is 0 Å². The van der Waals surface area contributed by atoms with Gasteiger partial charge in [-0.2, -0.15) is 0 Å². The summed E-state index contributed by atoms with van der Waals surface area (Å²) in [5.41, 5.74) is 4.03. The lowest BCUT2D eigenvalue weighted by Gasteiger charge is -2.23. The molecule has 2 heteroatoms. The molecular weight excluding hydrogens is 346 g/mol. The average Bonchev–Trinajstić information content (AvgIpc) is 2.59. The Labute approximate surface area is 146 Å². The van der Waals surface area contributed by atoms with Gasteiger partial charge in [0.2, 0.25) is 0 Å². The molecule has 0 N–H and O–H groups in total. The molecule has 3 rings (SSSR count). The summed E-state index contributed by atoms with van der Waals surface area (Å²) in [6, 6.07) is 29.9. The Balaban J connectivity index is 1.76. The van der Waals surface area contributed by atoms with Crippen molar-refractivity contribution in [1.82, 2.24) is 4.90 Å². The highest BCUT2D eigenvalue weighted by molar-refractivity contribution is 9.10. The highest BCUT2D eigenvalue weighted by atomic mass is 79.9. The SMILES string of the molecule is Brc1ccc(CN(Cc2ccccc2)Cc2ccccc2)cc1. The molecule has 0 unspecified atom stereocenters. The molecule has 23 heavy (non-hydrogen) atoms. The van der Waals surface area contributed by atoms with Gasteiger partial charge < -0.3 is 0 Å². The van der Waals surface area contributed by atoms with Crippen molar-refractivity contribution in [3.8, 4) is 0 Å². The number of halogens is 1. The third kappa shape index (κ3) is 5.05. The van der Waals surface area contributed by atoms with Crippen molar-refractivity contribution in [2.45, 2.75) is 19.6 Å². The summed E-state index contributed by atoms with van der Waals surface area (Å²) in [6.07, 6.45) is 0. The maximum absolute atomic E-state index is 3.51. The van der Waals surface area contributed by atoms with Crippen molar-refractivity contribution in [1.29, 1.82) is 0 Å². The fourth-order valence-electron chi connectivity index (χ4n) is 2.70. The minimum absolute atomic E-state index is 0.942. The normalized spacial score (nSPS) is 10.9. The molecule has 0 aromatic heterocycles. The first-order chi connectivity index (χ1) is 11.3. The van der Waals surface area contributed by atoms with Gasteiger partial charge in [-0.25, -0.2) is 0 Å². The van der Waals surface area contributed by atoms with Crippen LogP contribution >= 0.6 is 15.9 Å². The van der Waals surface area contributed by atoms with Crippen molar-refractivity contribution in [3.63, 3.8) is 0 Å². The van der Waals surface area contributed by atoms with Crippen LogP contribution in [0.15, 0.2) is 89.4 Å². The molecule has 3 aromatic rings. The minimum atomic E-state index is 0.942. The molecule has 0 atom stereocenters. The Morgan fingerprint density at radius 3 is 1.35 bits per heavy atom. The predicted octanol–water partition coefficient (Wildman–Crippen LogP) is 5.65. The molecule has 0 aliphatic heterocycles. The van der Waals surface area contributed by atoms with Gasteiger partial charge in [-0.05, 0) is 28.8 Å². The fourth-order valence-corrected chi connectivity index (χ4v) is 2.96. The summed E-state index contributed by atoms with van der Waals surface area (Å²) < 4.78 is 1.12. The van der Waals surface area contributed by atoms with Crippen molar-refractivity contribution in [3.05, 3.63) is 106 Å². The largest absolute Gasteiger partial charge is 0.291 e. The molecule has 0 radical (unpaired) electrons. The first-order valence-corrected chi connectivity index (χ1v) is 8.63. The lowest BCUT2D eigenvalue weighted by Crippen LogP contribution is -2.22. The van der Waals surface area contributed by atoms with Crippen LogP contribution in [0.1, 0.15) is 16.7 Å². The molecule has 0 saturated heterocycles. The summed E-state index contributed by atoms with van der Waals surface area (Å²) >= 11 is 3.51. The highest BCUT2D eigenvalue weighted by Gasteiger charge is 2.08. The molecule has 0 bridgehead atoms. The standard InChI is InChI=1S/C21H20BrN/c22-21-13-11-20(12-14-21)17-23(15-18-7-3-1-4-8-18)16-19-9-5-2-6-10-19/h1-14H,15-17H2. The quantitative estimate of drug-likeness (QED) is 0.545. The second kappa shape index (κ2) is 8.09. The number of hydrogen-bond acceptors (Lipinski definition) is 1. The van der Waals surface area contributed by atoms with Gasteiger partial charge >= 0.3 is 0 Å². The lowest BCUT2D eigenvalue weighted by molar-refractivity contribution is 0.247. The first-order valence-electron chi connectivity index (χ1n) is 7.84. The van der Waals surface area contributed by atoms with Crippen LogP contribution in [-0.4, -0.2) is 4.90 Å². The maximum Gasteiger partial charge on any atom is 0.0240 e. The fraction of sp³-hybridized carbons (Fsp3) is 0.143. The third-order valence-electron chi connectivity index (χ3n) is 3.82. The second-order valence-corrected chi connectivity index (χ2v) is 6.66. The van der Waals surface area contributed by atoms with Crippen LogP contribution in [0.3, 0.4) is 0 Å². The van der Waals surface area contributed by atoms with Crippen molar-refractivity contribution in [2.75, 3.05) is 0 Å². The van der Waals surface area contributed by atoms with E-state index in [1.54, 1.807) is 0 Å². The zero-order valence-corrected chi connectivity index (χ0v) is 14.6. The van der Waals surface area contributed by atoms with Crippen molar-refractivity contribution in [2.24, 2.45) is 0 Å². The Bertz CT molecular complexity index is 666. The molecule has 1 nitrogen and oxygen atoms in total. The Morgan fingerprint density at radius 2 is 0.913 bits per heavy atom. The zero-order valence-electron chi connectivity index (χ0n) is 13.0. The first kappa shape index (κ1) is 16.0. The average molecular weight is 366 g/mol. The van der Waals surface area contributed by atoms with Crippen LogP contribution in [0.2, 0.25) is 0 Å². The van der Waals surface area contributed by atoms with E-state index in [1.165, 1.54) is 16.7 Å². The van der Waals surface area contributed by atoms with E-state index < -0.39 is 0 Å². The second-order valence-electron chi connectivity index (χ2n) is 5.74. The summed E-state index contributed by atoms with van der Waals surface area (Å²) in [5, 5.41) is 0. The van der Waals surface area contributed by atoms with E-state index >= 15 is 0 Å². The van der Waals surface area contributed by atoms with Crippen LogP contribution < -0.4 is 0 Å². The molecule has 0 aliphatic carbocycles. The molecule has 0 aliphatic rings. The Kier molecular flexibility index (Phi) is 5.62. The number of hydrogen-bond donors (Lipinski definition) is 0. The number of benzene rings is 3. The van der Waals surface area contributed by atoms with Gasteiger partial charge in [-0.3, -0.25) is 4.90 Å². The van der Waals surface area contributed by atoms with Crippen LogP contribution in [0.4, 0.5) is 0 Å². The predicted molar refractivity (Wildman–Crippen MR) is 100.0 cm³/mol. The summed E-state index contributed by atoms with van der Waals surface area (Å²) in [7, 11) is 0. The molecule has 3 aromatic carbocycles. The summed E-state index contributed by atoms with van der Waals surface area (Å²) in [4.78, 5) is 2.48. The van der Waals surface area contributed by atoms with Gasteiger partial charge in [0.05, 0.1) is 0 Å². The topological polar surface area (TPSA) is 3.24 Å². The smallest absolute Gasteiger partial charge is 0.0240 e. The Morgan fingerprint density at radius 1 is 0.522 bits per heavy atom. The molecule has 0 spiro atoms. The zero-order chi connectivity index (χ0) is 15.9. The molecule has 0 saturated carbocycles. The highest BCUT2D eigenvalue weighted by Crippen LogP contribution is 2.16. The molecular formula is C21H20BrN. The lowest BCUT2D eigenvalue weighted by atomic mass is 10.1. The van der Waals surface area contributed by atoms with E-state index in [-0.39, 0.29) is 0 Å². The molecule has 0 heterocycles. The maximum atomic E-state index is 3.51. The van der Waals surface area contributed by atoms with E-state index in [0.717, 1.165) is 24.1 Å². The molecule has 0 fully saturated rings. The van der Waals surface area contributed by atoms with E-state index in [9.17, 15) is 0 Å². The van der Waals surface area contributed by atoms with Gasteiger partial charge in [-0.15, -0.1) is 0 Å². The summed E-state index contributed by atoms with van der Waals surface area (Å²) in [6.45, 7) is 2.84. The Hall–Kier alpha value is -1.90. The van der Waals surface area contributed by atoms with Gasteiger partial charge in [-0.1, -0.05) is 88.7 Å². The number of rotatable bonds is 6. The summed E-state index contributed by atoms with van der Waals surface area (Å²) in [5.74, 6) is 0. The van der Waals surface area contributed by atoms with Crippen LogP contribution in [0, 0.1) is 0 Å². The van der Waals surface area contributed by atoms with Gasteiger partial charge in [0.1, 0.15) is 0 Å². The van der Waals surface area contributed by atoms with E-state index in [0.29, 0.717) is 0 Å². The van der Waals surface area contributed by atoms with Crippen molar-refractivity contribution < 1.29 is 0 Å². The van der Waals surface area contributed by atoms with Crippen LogP contribution in [0.5, 0.6) is 0 Å². The monoisotopic (exact) mass is 365 g/mol. The molecule has 116 valence electrons.